The van der Waals surface area contributed by atoms with E-state index in [1.807, 2.05) is 62.3 Å². The molecule has 0 spiro atoms. The Morgan fingerprint density at radius 1 is 0.871 bits per heavy atom. The highest BCUT2D eigenvalue weighted by Crippen LogP contribution is 2.45. The van der Waals surface area contributed by atoms with Gasteiger partial charge in [0.25, 0.3) is 0 Å². The van der Waals surface area contributed by atoms with Gasteiger partial charge in [-0.15, -0.1) is 0 Å². The van der Waals surface area contributed by atoms with Gasteiger partial charge in [0.05, 0.1) is 29.5 Å². The van der Waals surface area contributed by atoms with Gasteiger partial charge in [0.15, 0.2) is 0 Å². The van der Waals surface area contributed by atoms with Crippen LogP contribution in [-0.4, -0.2) is 67.3 Å². The molecule has 2 saturated heterocycles. The van der Waals surface area contributed by atoms with Gasteiger partial charge in [-0.25, -0.2) is 0 Å². The van der Waals surface area contributed by atoms with Crippen LogP contribution in [0.25, 0.3) is 0 Å². The van der Waals surface area contributed by atoms with E-state index in [2.05, 4.69) is 0 Å². The first-order chi connectivity index (χ1) is 14.0. The van der Waals surface area contributed by atoms with Crippen molar-refractivity contribution in [1.82, 2.24) is 10.1 Å². The molecule has 0 aromatic carbocycles. The number of esters is 2. The van der Waals surface area contributed by atoms with E-state index in [0.29, 0.717) is 25.7 Å². The van der Waals surface area contributed by atoms with Gasteiger partial charge in [0.2, 0.25) is 0 Å². The Morgan fingerprint density at radius 2 is 1.29 bits per heavy atom. The van der Waals surface area contributed by atoms with Gasteiger partial charge in [0.1, 0.15) is 6.10 Å². The number of hydrogen-bond donors (Lipinski definition) is 2. The smallest absolute Gasteiger partial charge is 0.311 e. The fraction of sp³-hybridized carbons (Fsp3) is 0.913. The van der Waals surface area contributed by atoms with Gasteiger partial charge in [0, 0.05) is 17.5 Å². The van der Waals surface area contributed by atoms with E-state index >= 15 is 0 Å². The molecule has 0 amide bonds. The van der Waals surface area contributed by atoms with Gasteiger partial charge in [-0.05, 0) is 74.7 Å². The molecular weight excluding hydrogens is 400 g/mol. The number of hydrogen-bond acceptors (Lipinski definition) is 8. The first-order valence-electron chi connectivity index (χ1n) is 11.3. The summed E-state index contributed by atoms with van der Waals surface area (Å²) in [6.07, 6.45) is 1.66. The molecule has 2 aliphatic heterocycles. The maximum Gasteiger partial charge on any atom is 0.311 e. The van der Waals surface area contributed by atoms with Crippen LogP contribution in [0.15, 0.2) is 0 Å². The summed E-state index contributed by atoms with van der Waals surface area (Å²) < 4.78 is 11.3. The third-order valence-electron chi connectivity index (χ3n) is 7.34. The summed E-state index contributed by atoms with van der Waals surface area (Å²) in [5.41, 5.74) is -2.44. The van der Waals surface area contributed by atoms with Crippen molar-refractivity contribution in [2.45, 2.75) is 116 Å². The van der Waals surface area contributed by atoms with Crippen LogP contribution in [0.2, 0.25) is 0 Å². The third kappa shape index (κ3) is 4.92. The zero-order valence-corrected chi connectivity index (χ0v) is 20.7. The van der Waals surface area contributed by atoms with Crippen molar-refractivity contribution < 1.29 is 29.5 Å². The molecule has 31 heavy (non-hydrogen) atoms. The van der Waals surface area contributed by atoms with Crippen molar-refractivity contribution in [2.75, 3.05) is 6.61 Å². The van der Waals surface area contributed by atoms with Crippen LogP contribution < -0.4 is 0 Å². The average Bonchev–Trinajstić information content (AvgIpc) is 2.93. The van der Waals surface area contributed by atoms with Gasteiger partial charge in [-0.3, -0.25) is 9.59 Å². The number of hydroxylamine groups is 4. The van der Waals surface area contributed by atoms with E-state index in [1.165, 1.54) is 10.1 Å². The van der Waals surface area contributed by atoms with E-state index in [-0.39, 0.29) is 24.6 Å². The van der Waals surface area contributed by atoms with E-state index in [1.54, 1.807) is 0 Å². The van der Waals surface area contributed by atoms with Gasteiger partial charge in [-0.1, -0.05) is 6.92 Å². The summed E-state index contributed by atoms with van der Waals surface area (Å²) in [5.74, 6) is -1.55. The highest BCUT2D eigenvalue weighted by molar-refractivity contribution is 5.75. The van der Waals surface area contributed by atoms with Gasteiger partial charge >= 0.3 is 11.9 Å². The van der Waals surface area contributed by atoms with Crippen molar-refractivity contribution in [2.24, 2.45) is 11.8 Å². The number of rotatable bonds is 7. The molecule has 8 heteroatoms. The summed E-state index contributed by atoms with van der Waals surface area (Å²) in [6.45, 7) is 17.0. The van der Waals surface area contributed by atoms with E-state index < -0.39 is 34.0 Å². The van der Waals surface area contributed by atoms with Crippen molar-refractivity contribution in [3.63, 3.8) is 0 Å². The van der Waals surface area contributed by atoms with Crippen LogP contribution in [0, 0.1) is 11.8 Å². The number of nitrogens with zero attached hydrogens (tertiary/aromatic N) is 2. The Labute approximate surface area is 186 Å². The predicted octanol–water partition coefficient (Wildman–Crippen LogP) is 3.78. The molecule has 180 valence electrons. The fourth-order valence-corrected chi connectivity index (χ4v) is 5.25. The molecule has 2 N–H and O–H groups in total. The second kappa shape index (κ2) is 8.61. The van der Waals surface area contributed by atoms with Crippen molar-refractivity contribution in [1.29, 1.82) is 0 Å². The molecule has 2 heterocycles. The van der Waals surface area contributed by atoms with E-state index in [4.69, 9.17) is 9.47 Å². The second-order valence-corrected chi connectivity index (χ2v) is 11.5. The van der Waals surface area contributed by atoms with Crippen LogP contribution in [-0.2, 0) is 19.1 Å². The molecule has 3 unspecified atom stereocenters. The highest BCUT2D eigenvalue weighted by atomic mass is 16.6. The first kappa shape index (κ1) is 26.0. The molecule has 0 saturated carbocycles. The molecule has 0 bridgehead atoms. The van der Waals surface area contributed by atoms with Gasteiger partial charge in [-0.2, -0.15) is 10.1 Å². The standard InChI is InChI=1S/C23H42N2O6/c1-10-15(31-19(27)17-14-21(4,5)25(29)23(17,8)9)11-12-30-18(26)16-13-20(2,3)24(28)22(16,6)7/h15-17,28-29H,10-14H2,1-9H3. The van der Waals surface area contributed by atoms with Crippen LogP contribution in [0.4, 0.5) is 0 Å². The molecule has 0 radical (unpaired) electrons. The normalized spacial score (nSPS) is 30.2. The lowest BCUT2D eigenvalue weighted by Gasteiger charge is -2.35. The Hall–Kier alpha value is -1.22. The van der Waals surface area contributed by atoms with E-state index in [9.17, 15) is 20.0 Å². The fourth-order valence-electron chi connectivity index (χ4n) is 5.25. The van der Waals surface area contributed by atoms with Crippen molar-refractivity contribution in [3.8, 4) is 0 Å². The molecular formula is C23H42N2O6. The summed E-state index contributed by atoms with van der Waals surface area (Å²) in [5, 5.41) is 23.4. The zero-order chi connectivity index (χ0) is 24.0. The number of ether oxygens (including phenoxy) is 2. The molecule has 2 fully saturated rings. The summed E-state index contributed by atoms with van der Waals surface area (Å²) in [6, 6.07) is 0. The monoisotopic (exact) mass is 442 g/mol. The summed E-state index contributed by atoms with van der Waals surface area (Å²) in [4.78, 5) is 25.5. The van der Waals surface area contributed by atoms with E-state index in [0.717, 1.165) is 0 Å². The maximum absolute atomic E-state index is 12.9. The zero-order valence-electron chi connectivity index (χ0n) is 20.7. The molecule has 0 aromatic rings. The second-order valence-electron chi connectivity index (χ2n) is 11.5. The summed E-state index contributed by atoms with van der Waals surface area (Å²) >= 11 is 0. The average molecular weight is 443 g/mol. The molecule has 2 rings (SSSR count). The molecule has 8 nitrogen and oxygen atoms in total. The SMILES string of the molecule is CCC(CCOC(=O)C1CC(C)(C)N(O)C1(C)C)OC(=O)C1CC(C)(C)N(O)C1(C)C. The van der Waals surface area contributed by atoms with Crippen molar-refractivity contribution >= 4 is 11.9 Å². The molecule has 2 aliphatic rings. The Morgan fingerprint density at radius 3 is 1.65 bits per heavy atom. The molecule has 0 aliphatic carbocycles. The minimum Gasteiger partial charge on any atom is -0.465 e. The quantitative estimate of drug-likeness (QED) is 0.575. The highest BCUT2D eigenvalue weighted by Gasteiger charge is 2.56. The lowest BCUT2D eigenvalue weighted by molar-refractivity contribution is -0.201. The Kier molecular flexibility index (Phi) is 7.23. The number of carbonyl (C=O) groups excluding carboxylic acids is 2. The predicted molar refractivity (Wildman–Crippen MR) is 116 cm³/mol. The van der Waals surface area contributed by atoms with Crippen LogP contribution >= 0.6 is 0 Å². The Balaban J connectivity index is 1.90. The van der Waals surface area contributed by atoms with Crippen LogP contribution in [0.1, 0.15) is 88.0 Å². The largest absolute Gasteiger partial charge is 0.465 e. The summed E-state index contributed by atoms with van der Waals surface area (Å²) in [7, 11) is 0. The minimum atomic E-state index is -0.720. The Bertz CT molecular complexity index is 688. The maximum atomic E-state index is 12.9. The topological polar surface area (TPSA) is 99.5 Å². The minimum absolute atomic E-state index is 0.148. The lowest BCUT2D eigenvalue weighted by atomic mass is 9.87. The molecule has 0 aromatic heterocycles. The third-order valence-corrected chi connectivity index (χ3v) is 7.34. The van der Waals surface area contributed by atoms with Crippen LogP contribution in [0.3, 0.4) is 0 Å². The van der Waals surface area contributed by atoms with Crippen molar-refractivity contribution in [3.05, 3.63) is 0 Å². The lowest BCUT2D eigenvalue weighted by Crippen LogP contribution is -2.48. The van der Waals surface area contributed by atoms with Gasteiger partial charge < -0.3 is 19.9 Å². The first-order valence-corrected chi connectivity index (χ1v) is 11.3. The molecule has 3 atom stereocenters. The van der Waals surface area contributed by atoms with Crippen LogP contribution in [0.5, 0.6) is 0 Å². The number of carbonyl (C=O) groups is 2.